The van der Waals surface area contributed by atoms with E-state index in [1.54, 1.807) is 24.0 Å². The average Bonchev–Trinajstić information content (AvgIpc) is 3.08. The SMILES string of the molecule is O=C(c1ccco1)N1CCN(CCC2=CCCCC2)CC1. The fourth-order valence-corrected chi connectivity index (χ4v) is 3.16. The van der Waals surface area contributed by atoms with Crippen LogP contribution in [0.5, 0.6) is 0 Å². The third kappa shape index (κ3) is 3.76. The van der Waals surface area contributed by atoms with E-state index in [-0.39, 0.29) is 5.91 Å². The molecule has 3 rings (SSSR count). The van der Waals surface area contributed by atoms with Crippen molar-refractivity contribution in [3.05, 3.63) is 35.8 Å². The molecule has 1 aliphatic heterocycles. The molecule has 0 radical (unpaired) electrons. The van der Waals surface area contributed by atoms with Crippen LogP contribution < -0.4 is 0 Å². The molecule has 1 aromatic rings. The number of furan rings is 1. The molecule has 4 nitrogen and oxygen atoms in total. The average molecular weight is 288 g/mol. The Kier molecular flexibility index (Phi) is 4.76. The zero-order chi connectivity index (χ0) is 14.5. The molecule has 1 saturated heterocycles. The number of allylic oxidation sites excluding steroid dienone is 1. The van der Waals surface area contributed by atoms with Crippen molar-refractivity contribution in [3.63, 3.8) is 0 Å². The quantitative estimate of drug-likeness (QED) is 0.799. The van der Waals surface area contributed by atoms with Gasteiger partial charge in [-0.05, 0) is 44.2 Å². The Bertz CT molecular complexity index is 485. The Labute approximate surface area is 126 Å². The summed E-state index contributed by atoms with van der Waals surface area (Å²) in [5.41, 5.74) is 1.63. The maximum Gasteiger partial charge on any atom is 0.289 e. The van der Waals surface area contributed by atoms with Crippen LogP contribution in [0.3, 0.4) is 0 Å². The van der Waals surface area contributed by atoms with Gasteiger partial charge < -0.3 is 9.32 Å². The minimum atomic E-state index is 0.0228. The molecule has 0 atom stereocenters. The summed E-state index contributed by atoms with van der Waals surface area (Å²) < 4.78 is 5.19. The van der Waals surface area contributed by atoms with Gasteiger partial charge in [-0.2, -0.15) is 0 Å². The van der Waals surface area contributed by atoms with Gasteiger partial charge in [-0.3, -0.25) is 9.69 Å². The number of carbonyl (C=O) groups excluding carboxylic acids is 1. The molecule has 0 spiro atoms. The summed E-state index contributed by atoms with van der Waals surface area (Å²) in [7, 11) is 0. The fourth-order valence-electron chi connectivity index (χ4n) is 3.16. The van der Waals surface area contributed by atoms with Crippen molar-refractivity contribution in [2.24, 2.45) is 0 Å². The summed E-state index contributed by atoms with van der Waals surface area (Å²) in [6.07, 6.45) is 10.5. The lowest BCUT2D eigenvalue weighted by atomic mass is 9.97. The van der Waals surface area contributed by atoms with E-state index in [4.69, 9.17) is 4.42 Å². The molecule has 4 heteroatoms. The predicted octanol–water partition coefficient (Wildman–Crippen LogP) is 2.93. The first kappa shape index (κ1) is 14.4. The predicted molar refractivity (Wildman–Crippen MR) is 82.2 cm³/mol. The first-order chi connectivity index (χ1) is 10.3. The van der Waals surface area contributed by atoms with Gasteiger partial charge in [0.2, 0.25) is 0 Å². The van der Waals surface area contributed by atoms with Gasteiger partial charge in [0.15, 0.2) is 5.76 Å². The van der Waals surface area contributed by atoms with Gasteiger partial charge in [0.25, 0.3) is 5.91 Å². The number of amides is 1. The lowest BCUT2D eigenvalue weighted by Crippen LogP contribution is -2.48. The maximum absolute atomic E-state index is 12.2. The summed E-state index contributed by atoms with van der Waals surface area (Å²) in [6.45, 7) is 4.69. The highest BCUT2D eigenvalue weighted by Gasteiger charge is 2.23. The maximum atomic E-state index is 12.2. The Morgan fingerprint density at radius 2 is 2.05 bits per heavy atom. The van der Waals surface area contributed by atoms with Gasteiger partial charge in [0.05, 0.1) is 6.26 Å². The van der Waals surface area contributed by atoms with Gasteiger partial charge in [-0.15, -0.1) is 0 Å². The van der Waals surface area contributed by atoms with Crippen LogP contribution in [0, 0.1) is 0 Å². The Morgan fingerprint density at radius 3 is 2.71 bits per heavy atom. The van der Waals surface area contributed by atoms with Crippen molar-refractivity contribution in [1.29, 1.82) is 0 Å². The lowest BCUT2D eigenvalue weighted by Gasteiger charge is -2.34. The van der Waals surface area contributed by atoms with Crippen molar-refractivity contribution in [3.8, 4) is 0 Å². The molecule has 0 saturated carbocycles. The number of hydrogen-bond acceptors (Lipinski definition) is 3. The van der Waals surface area contributed by atoms with Crippen LogP contribution >= 0.6 is 0 Å². The topological polar surface area (TPSA) is 36.7 Å². The molecule has 0 aromatic carbocycles. The first-order valence-corrected chi connectivity index (χ1v) is 8.06. The molecule has 1 aliphatic carbocycles. The number of rotatable bonds is 4. The normalized spacial score (nSPS) is 20.4. The highest BCUT2D eigenvalue weighted by molar-refractivity contribution is 5.91. The molecule has 1 amide bonds. The highest BCUT2D eigenvalue weighted by atomic mass is 16.3. The van der Waals surface area contributed by atoms with Gasteiger partial charge >= 0.3 is 0 Å². The first-order valence-electron chi connectivity index (χ1n) is 8.06. The smallest absolute Gasteiger partial charge is 0.289 e. The second-order valence-electron chi connectivity index (χ2n) is 5.97. The van der Waals surface area contributed by atoms with Crippen molar-refractivity contribution < 1.29 is 9.21 Å². The van der Waals surface area contributed by atoms with Crippen molar-refractivity contribution >= 4 is 5.91 Å². The van der Waals surface area contributed by atoms with E-state index in [9.17, 15) is 4.79 Å². The lowest BCUT2D eigenvalue weighted by molar-refractivity contribution is 0.0607. The highest BCUT2D eigenvalue weighted by Crippen LogP contribution is 2.20. The summed E-state index contributed by atoms with van der Waals surface area (Å²) in [5.74, 6) is 0.477. The molecular weight excluding hydrogens is 264 g/mol. The van der Waals surface area contributed by atoms with Crippen LogP contribution in [-0.2, 0) is 0 Å². The van der Waals surface area contributed by atoms with E-state index in [2.05, 4.69) is 11.0 Å². The molecule has 0 bridgehead atoms. The Hall–Kier alpha value is -1.55. The minimum Gasteiger partial charge on any atom is -0.459 e. The van der Waals surface area contributed by atoms with Crippen LogP contribution in [0.25, 0.3) is 0 Å². The van der Waals surface area contributed by atoms with Gasteiger partial charge in [-0.25, -0.2) is 0 Å². The van der Waals surface area contributed by atoms with Crippen LogP contribution in [0.4, 0.5) is 0 Å². The van der Waals surface area contributed by atoms with Crippen LogP contribution in [-0.4, -0.2) is 48.4 Å². The van der Waals surface area contributed by atoms with Crippen molar-refractivity contribution in [2.75, 3.05) is 32.7 Å². The van der Waals surface area contributed by atoms with Crippen molar-refractivity contribution in [2.45, 2.75) is 32.1 Å². The van der Waals surface area contributed by atoms with Gasteiger partial charge in [-0.1, -0.05) is 11.6 Å². The zero-order valence-electron chi connectivity index (χ0n) is 12.6. The fraction of sp³-hybridized carbons (Fsp3) is 0.588. The molecule has 0 N–H and O–H groups in total. The molecule has 21 heavy (non-hydrogen) atoms. The number of hydrogen-bond donors (Lipinski definition) is 0. The summed E-state index contributed by atoms with van der Waals surface area (Å²) in [4.78, 5) is 16.5. The minimum absolute atomic E-state index is 0.0228. The largest absolute Gasteiger partial charge is 0.459 e. The summed E-state index contributed by atoms with van der Waals surface area (Å²) >= 11 is 0. The molecule has 114 valence electrons. The summed E-state index contributed by atoms with van der Waals surface area (Å²) in [5, 5.41) is 0. The van der Waals surface area contributed by atoms with E-state index < -0.39 is 0 Å². The second kappa shape index (κ2) is 6.94. The Morgan fingerprint density at radius 1 is 1.19 bits per heavy atom. The molecule has 0 unspecified atom stereocenters. The van der Waals surface area contributed by atoms with E-state index in [1.165, 1.54) is 32.1 Å². The second-order valence-corrected chi connectivity index (χ2v) is 5.97. The van der Waals surface area contributed by atoms with Crippen LogP contribution in [0.1, 0.15) is 42.7 Å². The van der Waals surface area contributed by atoms with Crippen LogP contribution in [0.2, 0.25) is 0 Å². The third-order valence-electron chi connectivity index (χ3n) is 4.53. The monoisotopic (exact) mass is 288 g/mol. The molecule has 2 aliphatic rings. The molecule has 1 fully saturated rings. The molecular formula is C17H24N2O2. The van der Waals surface area contributed by atoms with E-state index in [0.29, 0.717) is 5.76 Å². The van der Waals surface area contributed by atoms with E-state index in [1.807, 2.05) is 4.90 Å². The van der Waals surface area contributed by atoms with E-state index in [0.717, 1.165) is 32.7 Å². The van der Waals surface area contributed by atoms with E-state index >= 15 is 0 Å². The van der Waals surface area contributed by atoms with Gasteiger partial charge in [0.1, 0.15) is 0 Å². The number of carbonyl (C=O) groups is 1. The third-order valence-corrected chi connectivity index (χ3v) is 4.53. The number of nitrogens with zero attached hydrogens (tertiary/aromatic N) is 2. The molecule has 2 heterocycles. The zero-order valence-corrected chi connectivity index (χ0v) is 12.6. The van der Waals surface area contributed by atoms with Crippen molar-refractivity contribution in [1.82, 2.24) is 9.80 Å². The summed E-state index contributed by atoms with van der Waals surface area (Å²) in [6, 6.07) is 3.51. The molecule has 1 aromatic heterocycles. The van der Waals surface area contributed by atoms with Gasteiger partial charge in [0, 0.05) is 32.7 Å². The standard InChI is InChI=1S/C17H24N2O2/c20-17(16-7-4-14-21-16)19-12-10-18(11-13-19)9-8-15-5-2-1-3-6-15/h4-5,7,14H,1-3,6,8-13H2. The Balaban J connectivity index is 1.42. The van der Waals surface area contributed by atoms with Crippen LogP contribution in [0.15, 0.2) is 34.5 Å². The number of piperazine rings is 1.